The SMILES string of the molecule is Cc1cccc(N2CCN(C(=O)c3cc(-c4ccc(F)cc4)n[nH]3)C[C@@H]2C)c1. The molecule has 1 amide bonds. The molecule has 4 rings (SSSR count). The van der Waals surface area contributed by atoms with E-state index in [0.29, 0.717) is 24.5 Å². The summed E-state index contributed by atoms with van der Waals surface area (Å²) in [5.74, 6) is -0.354. The van der Waals surface area contributed by atoms with E-state index in [2.05, 4.69) is 53.2 Å². The molecule has 28 heavy (non-hydrogen) atoms. The molecule has 1 atom stereocenters. The highest BCUT2D eigenvalue weighted by Crippen LogP contribution is 2.23. The van der Waals surface area contributed by atoms with E-state index in [4.69, 9.17) is 0 Å². The summed E-state index contributed by atoms with van der Waals surface area (Å²) in [7, 11) is 0. The van der Waals surface area contributed by atoms with Gasteiger partial charge in [0.2, 0.25) is 0 Å². The molecular formula is C22H23FN4O. The second-order valence-electron chi connectivity index (χ2n) is 7.31. The minimum Gasteiger partial charge on any atom is -0.365 e. The Hall–Kier alpha value is -3.15. The Labute approximate surface area is 163 Å². The quantitative estimate of drug-likeness (QED) is 0.753. The van der Waals surface area contributed by atoms with Gasteiger partial charge in [0.05, 0.1) is 5.69 Å². The Morgan fingerprint density at radius 3 is 2.64 bits per heavy atom. The van der Waals surface area contributed by atoms with Crippen molar-refractivity contribution in [1.29, 1.82) is 0 Å². The molecule has 0 aliphatic carbocycles. The van der Waals surface area contributed by atoms with E-state index in [1.165, 1.54) is 23.4 Å². The number of anilines is 1. The molecule has 2 heterocycles. The Balaban J connectivity index is 1.46. The fourth-order valence-electron chi connectivity index (χ4n) is 3.70. The minimum atomic E-state index is -0.295. The van der Waals surface area contributed by atoms with Gasteiger partial charge in [-0.2, -0.15) is 5.10 Å². The molecule has 1 aliphatic heterocycles. The number of H-pyrrole nitrogens is 1. The Kier molecular flexibility index (Phi) is 4.86. The third kappa shape index (κ3) is 3.63. The van der Waals surface area contributed by atoms with Gasteiger partial charge in [0, 0.05) is 36.9 Å². The summed E-state index contributed by atoms with van der Waals surface area (Å²) in [5, 5.41) is 7.05. The molecule has 3 aromatic rings. The van der Waals surface area contributed by atoms with Crippen molar-refractivity contribution in [3.63, 3.8) is 0 Å². The van der Waals surface area contributed by atoms with Crippen molar-refractivity contribution in [1.82, 2.24) is 15.1 Å². The lowest BCUT2D eigenvalue weighted by molar-refractivity contribution is 0.0720. The number of piperazine rings is 1. The van der Waals surface area contributed by atoms with Gasteiger partial charge in [-0.1, -0.05) is 12.1 Å². The van der Waals surface area contributed by atoms with Crippen LogP contribution in [0.15, 0.2) is 54.6 Å². The number of nitrogens with zero attached hydrogens (tertiary/aromatic N) is 3. The van der Waals surface area contributed by atoms with Crippen LogP contribution in [-0.2, 0) is 0 Å². The molecule has 1 fully saturated rings. The lowest BCUT2D eigenvalue weighted by Crippen LogP contribution is -2.53. The fourth-order valence-corrected chi connectivity index (χ4v) is 3.70. The van der Waals surface area contributed by atoms with Crippen LogP contribution in [0, 0.1) is 12.7 Å². The normalized spacial score (nSPS) is 17.0. The van der Waals surface area contributed by atoms with Crippen LogP contribution in [-0.4, -0.2) is 46.7 Å². The summed E-state index contributed by atoms with van der Waals surface area (Å²) in [4.78, 5) is 17.1. The lowest BCUT2D eigenvalue weighted by atomic mass is 10.1. The van der Waals surface area contributed by atoms with Crippen LogP contribution in [0.3, 0.4) is 0 Å². The molecular weight excluding hydrogens is 355 g/mol. The molecule has 5 nitrogen and oxygen atoms in total. The minimum absolute atomic E-state index is 0.0587. The van der Waals surface area contributed by atoms with Gasteiger partial charge in [0.15, 0.2) is 0 Å². The first-order chi connectivity index (χ1) is 13.5. The molecule has 6 heteroatoms. The summed E-state index contributed by atoms with van der Waals surface area (Å²) in [5.41, 5.74) is 4.29. The Morgan fingerprint density at radius 2 is 1.93 bits per heavy atom. The van der Waals surface area contributed by atoms with Crippen LogP contribution in [0.1, 0.15) is 23.0 Å². The maximum absolute atomic E-state index is 13.1. The third-order valence-electron chi connectivity index (χ3n) is 5.20. The third-order valence-corrected chi connectivity index (χ3v) is 5.20. The number of halogens is 1. The number of hydrogen-bond donors (Lipinski definition) is 1. The van der Waals surface area contributed by atoms with Crippen molar-refractivity contribution in [2.75, 3.05) is 24.5 Å². The number of aromatic amines is 1. The molecule has 0 spiro atoms. The van der Waals surface area contributed by atoms with Crippen LogP contribution in [0.25, 0.3) is 11.3 Å². The van der Waals surface area contributed by atoms with Gasteiger partial charge in [0.25, 0.3) is 5.91 Å². The van der Waals surface area contributed by atoms with Gasteiger partial charge >= 0.3 is 0 Å². The monoisotopic (exact) mass is 378 g/mol. The molecule has 144 valence electrons. The number of aromatic nitrogens is 2. The maximum atomic E-state index is 13.1. The van der Waals surface area contributed by atoms with Crippen molar-refractivity contribution in [2.45, 2.75) is 19.9 Å². The fraction of sp³-hybridized carbons (Fsp3) is 0.273. The molecule has 0 unspecified atom stereocenters. The number of carbonyl (C=O) groups is 1. The highest BCUT2D eigenvalue weighted by Gasteiger charge is 2.28. The predicted octanol–water partition coefficient (Wildman–Crippen LogP) is 3.88. The van der Waals surface area contributed by atoms with E-state index >= 15 is 0 Å². The smallest absolute Gasteiger partial charge is 0.272 e. The summed E-state index contributed by atoms with van der Waals surface area (Å²) in [6.07, 6.45) is 0. The van der Waals surface area contributed by atoms with Gasteiger partial charge in [-0.25, -0.2) is 4.39 Å². The molecule has 1 saturated heterocycles. The van der Waals surface area contributed by atoms with Gasteiger partial charge in [-0.05, 0) is 61.9 Å². The van der Waals surface area contributed by atoms with Gasteiger partial charge in [0.1, 0.15) is 11.5 Å². The highest BCUT2D eigenvalue weighted by atomic mass is 19.1. The number of aryl methyl sites for hydroxylation is 1. The first-order valence-corrected chi connectivity index (χ1v) is 9.45. The standard InChI is InChI=1S/C22H23FN4O/c1-15-4-3-5-19(12-15)27-11-10-26(14-16(27)2)22(28)21-13-20(24-25-21)17-6-8-18(23)9-7-17/h3-9,12-13,16H,10-11,14H2,1-2H3,(H,24,25)/t16-/m0/s1. The summed E-state index contributed by atoms with van der Waals surface area (Å²) < 4.78 is 13.1. The van der Waals surface area contributed by atoms with Crippen molar-refractivity contribution < 1.29 is 9.18 Å². The summed E-state index contributed by atoms with van der Waals surface area (Å²) in [6, 6.07) is 16.5. The average Bonchev–Trinajstić information content (AvgIpc) is 3.18. The lowest BCUT2D eigenvalue weighted by Gasteiger charge is -2.41. The van der Waals surface area contributed by atoms with E-state index in [9.17, 15) is 9.18 Å². The number of rotatable bonds is 3. The molecule has 1 aliphatic rings. The van der Waals surface area contributed by atoms with E-state index in [0.717, 1.165) is 12.1 Å². The molecule has 0 bridgehead atoms. The van der Waals surface area contributed by atoms with Crippen molar-refractivity contribution in [3.8, 4) is 11.3 Å². The number of carbonyl (C=O) groups excluding carboxylic acids is 1. The second kappa shape index (κ2) is 7.46. The van der Waals surface area contributed by atoms with Crippen LogP contribution in [0.5, 0.6) is 0 Å². The molecule has 2 aromatic carbocycles. The second-order valence-corrected chi connectivity index (χ2v) is 7.31. The predicted molar refractivity (Wildman–Crippen MR) is 108 cm³/mol. The topological polar surface area (TPSA) is 52.2 Å². The van der Waals surface area contributed by atoms with Crippen LogP contribution in [0.2, 0.25) is 0 Å². The average molecular weight is 378 g/mol. The van der Waals surface area contributed by atoms with Crippen LogP contribution >= 0.6 is 0 Å². The van der Waals surface area contributed by atoms with E-state index in [1.807, 2.05) is 4.90 Å². The van der Waals surface area contributed by atoms with Crippen LogP contribution in [0.4, 0.5) is 10.1 Å². The van der Waals surface area contributed by atoms with Crippen molar-refractivity contribution in [2.24, 2.45) is 0 Å². The number of hydrogen-bond acceptors (Lipinski definition) is 3. The maximum Gasteiger partial charge on any atom is 0.272 e. The van der Waals surface area contributed by atoms with Crippen molar-refractivity contribution >= 4 is 11.6 Å². The van der Waals surface area contributed by atoms with E-state index in [-0.39, 0.29) is 17.8 Å². The first-order valence-electron chi connectivity index (χ1n) is 9.45. The number of benzene rings is 2. The highest BCUT2D eigenvalue weighted by molar-refractivity contribution is 5.93. The molecule has 1 N–H and O–H groups in total. The molecule has 1 aromatic heterocycles. The zero-order valence-corrected chi connectivity index (χ0v) is 16.0. The zero-order chi connectivity index (χ0) is 19.7. The zero-order valence-electron chi connectivity index (χ0n) is 16.0. The molecule has 0 saturated carbocycles. The molecule has 0 radical (unpaired) electrons. The van der Waals surface area contributed by atoms with Crippen molar-refractivity contribution in [3.05, 3.63) is 71.7 Å². The van der Waals surface area contributed by atoms with Gasteiger partial charge in [-0.3, -0.25) is 9.89 Å². The van der Waals surface area contributed by atoms with E-state index in [1.54, 1.807) is 18.2 Å². The first kappa shape index (κ1) is 18.2. The van der Waals surface area contributed by atoms with Crippen LogP contribution < -0.4 is 4.90 Å². The van der Waals surface area contributed by atoms with Gasteiger partial charge < -0.3 is 9.80 Å². The number of amides is 1. The number of nitrogens with one attached hydrogen (secondary N) is 1. The summed E-state index contributed by atoms with van der Waals surface area (Å²) in [6.45, 7) is 6.32. The largest absolute Gasteiger partial charge is 0.365 e. The summed E-state index contributed by atoms with van der Waals surface area (Å²) >= 11 is 0. The van der Waals surface area contributed by atoms with Gasteiger partial charge in [-0.15, -0.1) is 0 Å². The Bertz CT molecular complexity index is 982. The Morgan fingerprint density at radius 1 is 1.14 bits per heavy atom. The van der Waals surface area contributed by atoms with E-state index < -0.39 is 0 Å².